The molecule has 0 bridgehead atoms. The largest absolute Gasteiger partial charge is 0.464 e. The number of nitrogens with zero attached hydrogens (tertiary/aromatic N) is 5. The fourth-order valence-electron chi connectivity index (χ4n) is 7.95. The SMILES string of the molecule is CCOC(=O)[C@@H](OC(C)(C)C)c1c(C)cc2nc(-c3ccc4c(c3)c(C3CCN(C5CN(C(=O)OC(C)(C)C)C5)CC3)nn4CC)sc2c1-c1ccc(Cl)cc1. The lowest BCUT2D eigenvalue weighted by molar-refractivity contribution is -0.166. The Morgan fingerprint density at radius 1 is 0.946 bits per heavy atom. The number of hydrogen-bond acceptors (Lipinski definition) is 9. The number of aromatic nitrogens is 3. The van der Waals surface area contributed by atoms with E-state index < -0.39 is 23.3 Å². The summed E-state index contributed by atoms with van der Waals surface area (Å²) in [6.07, 6.45) is 0.856. The third-order valence-electron chi connectivity index (χ3n) is 10.6. The second-order valence-electron chi connectivity index (χ2n) is 17.0. The predicted octanol–water partition coefficient (Wildman–Crippen LogP) is 10.2. The number of halogens is 1. The number of carbonyl (C=O) groups excluding carboxylic acids is 2. The van der Waals surface area contributed by atoms with Crippen molar-refractivity contribution in [2.75, 3.05) is 32.8 Å². The van der Waals surface area contributed by atoms with E-state index in [0.717, 1.165) is 92.1 Å². The van der Waals surface area contributed by atoms with Gasteiger partial charge in [0.2, 0.25) is 0 Å². The maximum absolute atomic E-state index is 13.6. The number of piperidine rings is 1. The van der Waals surface area contributed by atoms with Crippen LogP contribution in [0.5, 0.6) is 0 Å². The molecule has 7 rings (SSSR count). The van der Waals surface area contributed by atoms with E-state index in [-0.39, 0.29) is 12.7 Å². The predicted molar refractivity (Wildman–Crippen MR) is 225 cm³/mol. The molecular formula is C44H54ClN5O5S. The molecule has 2 saturated heterocycles. The minimum Gasteiger partial charge on any atom is -0.464 e. The van der Waals surface area contributed by atoms with Gasteiger partial charge in [0.25, 0.3) is 0 Å². The Kier molecular flexibility index (Phi) is 11.3. The summed E-state index contributed by atoms with van der Waals surface area (Å²) >= 11 is 7.99. The maximum Gasteiger partial charge on any atom is 0.410 e. The summed E-state index contributed by atoms with van der Waals surface area (Å²) in [6, 6.07) is 16.7. The molecule has 3 aromatic carbocycles. The molecule has 4 heterocycles. The van der Waals surface area contributed by atoms with Crippen LogP contribution < -0.4 is 0 Å². The number of aryl methyl sites for hydroxylation is 2. The van der Waals surface area contributed by atoms with Crippen LogP contribution in [0.1, 0.15) is 97.1 Å². The average Bonchev–Trinajstić information content (AvgIpc) is 3.70. The monoisotopic (exact) mass is 799 g/mol. The molecule has 2 aromatic heterocycles. The van der Waals surface area contributed by atoms with Gasteiger partial charge in [0.05, 0.1) is 33.6 Å². The quantitative estimate of drug-likeness (QED) is 0.136. The maximum atomic E-state index is 13.6. The summed E-state index contributed by atoms with van der Waals surface area (Å²) in [5.41, 5.74) is 6.54. The molecule has 56 heavy (non-hydrogen) atoms. The number of hydrogen-bond donors (Lipinski definition) is 0. The van der Waals surface area contributed by atoms with Gasteiger partial charge in [-0.05, 0) is 136 Å². The zero-order chi connectivity index (χ0) is 40.1. The van der Waals surface area contributed by atoms with E-state index in [1.54, 1.807) is 16.2 Å². The van der Waals surface area contributed by atoms with Crippen LogP contribution in [0.15, 0.2) is 48.5 Å². The Morgan fingerprint density at radius 2 is 1.62 bits per heavy atom. The van der Waals surface area contributed by atoms with Gasteiger partial charge in [-0.15, -0.1) is 11.3 Å². The Bertz CT molecular complexity index is 2240. The Balaban J connectivity index is 1.22. The second kappa shape index (κ2) is 15.7. The normalized spacial score (nSPS) is 16.7. The van der Waals surface area contributed by atoms with Crippen LogP contribution >= 0.6 is 22.9 Å². The number of likely N-dealkylation sites (tertiary alicyclic amines) is 2. The molecule has 0 N–H and O–H groups in total. The summed E-state index contributed by atoms with van der Waals surface area (Å²) in [6.45, 7) is 21.9. The van der Waals surface area contributed by atoms with Crippen molar-refractivity contribution in [3.63, 3.8) is 0 Å². The van der Waals surface area contributed by atoms with E-state index in [1.807, 2.05) is 79.7 Å². The number of esters is 1. The molecule has 0 saturated carbocycles. The summed E-state index contributed by atoms with van der Waals surface area (Å²) in [5.74, 6) is -0.0874. The molecule has 2 fully saturated rings. The first kappa shape index (κ1) is 40.2. The van der Waals surface area contributed by atoms with E-state index in [2.05, 4.69) is 40.8 Å². The molecule has 2 aliphatic heterocycles. The van der Waals surface area contributed by atoms with Crippen LogP contribution in [-0.4, -0.2) is 86.7 Å². The third-order valence-corrected chi connectivity index (χ3v) is 12.0. The molecule has 298 valence electrons. The van der Waals surface area contributed by atoms with Crippen molar-refractivity contribution in [1.29, 1.82) is 0 Å². The number of ether oxygens (including phenoxy) is 3. The molecule has 1 atom stereocenters. The molecule has 0 spiro atoms. The number of amides is 1. The second-order valence-corrected chi connectivity index (χ2v) is 18.4. The fraction of sp³-hybridized carbons (Fsp3) is 0.500. The molecule has 12 heteroatoms. The summed E-state index contributed by atoms with van der Waals surface area (Å²) < 4.78 is 20.7. The van der Waals surface area contributed by atoms with Crippen LogP contribution in [0.3, 0.4) is 0 Å². The number of fused-ring (bicyclic) bond motifs is 2. The molecule has 0 aliphatic carbocycles. The molecular weight excluding hydrogens is 746 g/mol. The van der Waals surface area contributed by atoms with Crippen LogP contribution in [-0.2, 0) is 25.5 Å². The first-order chi connectivity index (χ1) is 26.5. The molecule has 2 aliphatic rings. The Morgan fingerprint density at radius 3 is 2.25 bits per heavy atom. The zero-order valence-corrected chi connectivity index (χ0v) is 35.6. The standard InChI is InChI=1S/C44H54ClN5O5S/c1-10-50-34-17-14-29(23-32(34)37(47-50)28-18-20-48(21-19-28)31-24-49(25-31)42(52)55-44(7,8)9)40-46-33-22-26(3)35(38(41(51)53-11-2)54-43(4,5)6)36(39(33)56-40)27-12-15-30(45)16-13-27/h12-17,22-23,28,31,38H,10-11,18-21,24-25H2,1-9H3/t38-/m0/s1. The summed E-state index contributed by atoms with van der Waals surface area (Å²) in [5, 5.41) is 7.88. The van der Waals surface area contributed by atoms with E-state index in [9.17, 15) is 9.59 Å². The number of rotatable bonds is 9. The van der Waals surface area contributed by atoms with E-state index >= 15 is 0 Å². The van der Waals surface area contributed by atoms with Gasteiger partial charge in [0.1, 0.15) is 10.6 Å². The van der Waals surface area contributed by atoms with Crippen molar-refractivity contribution >= 4 is 56.1 Å². The molecule has 1 amide bonds. The highest BCUT2D eigenvalue weighted by molar-refractivity contribution is 7.22. The van der Waals surface area contributed by atoms with Crippen LogP contribution in [0.2, 0.25) is 5.02 Å². The average molecular weight is 800 g/mol. The van der Waals surface area contributed by atoms with Crippen molar-refractivity contribution in [1.82, 2.24) is 24.6 Å². The first-order valence-electron chi connectivity index (χ1n) is 19.8. The van der Waals surface area contributed by atoms with Crippen molar-refractivity contribution < 1.29 is 23.8 Å². The third kappa shape index (κ3) is 8.33. The lowest BCUT2D eigenvalue weighted by atomic mass is 9.90. The van der Waals surface area contributed by atoms with Crippen molar-refractivity contribution in [3.05, 3.63) is 70.4 Å². The minimum atomic E-state index is -0.936. The highest BCUT2D eigenvalue weighted by atomic mass is 35.5. The topological polar surface area (TPSA) is 99.0 Å². The Hall–Kier alpha value is -4.03. The molecule has 5 aromatic rings. The van der Waals surface area contributed by atoms with Gasteiger partial charge in [-0.3, -0.25) is 9.58 Å². The van der Waals surface area contributed by atoms with Gasteiger partial charge in [-0.1, -0.05) is 23.7 Å². The summed E-state index contributed by atoms with van der Waals surface area (Å²) in [4.78, 5) is 35.7. The molecule has 0 unspecified atom stereocenters. The van der Waals surface area contributed by atoms with Crippen molar-refractivity contribution in [3.8, 4) is 21.7 Å². The van der Waals surface area contributed by atoms with E-state index in [0.29, 0.717) is 30.1 Å². The van der Waals surface area contributed by atoms with Crippen LogP contribution in [0.4, 0.5) is 4.79 Å². The van der Waals surface area contributed by atoms with Crippen molar-refractivity contribution in [2.45, 2.75) is 111 Å². The zero-order valence-electron chi connectivity index (χ0n) is 34.1. The lowest BCUT2D eigenvalue weighted by Crippen LogP contribution is -2.62. The van der Waals surface area contributed by atoms with Gasteiger partial charge in [-0.2, -0.15) is 5.10 Å². The number of carbonyl (C=O) groups is 2. The first-order valence-corrected chi connectivity index (χ1v) is 21.0. The van der Waals surface area contributed by atoms with E-state index in [4.69, 9.17) is 35.9 Å². The Labute approximate surface area is 339 Å². The van der Waals surface area contributed by atoms with Crippen molar-refractivity contribution in [2.24, 2.45) is 0 Å². The summed E-state index contributed by atoms with van der Waals surface area (Å²) in [7, 11) is 0. The molecule has 10 nitrogen and oxygen atoms in total. The van der Waals surface area contributed by atoms with Gasteiger partial charge in [-0.25, -0.2) is 14.6 Å². The van der Waals surface area contributed by atoms with Gasteiger partial charge in [0, 0.05) is 58.7 Å². The lowest BCUT2D eigenvalue weighted by Gasteiger charge is -2.47. The van der Waals surface area contributed by atoms with Gasteiger partial charge < -0.3 is 19.1 Å². The number of benzene rings is 3. The highest BCUT2D eigenvalue weighted by Gasteiger charge is 2.39. The fourth-order valence-corrected chi connectivity index (χ4v) is 9.20. The highest BCUT2D eigenvalue weighted by Crippen LogP contribution is 2.45. The van der Waals surface area contributed by atoms with E-state index in [1.165, 1.54) is 0 Å². The number of thiazole rings is 1. The van der Waals surface area contributed by atoms with Gasteiger partial charge >= 0.3 is 12.1 Å². The van der Waals surface area contributed by atoms with Crippen LogP contribution in [0.25, 0.3) is 42.8 Å². The molecule has 0 radical (unpaired) electrons. The van der Waals surface area contributed by atoms with Crippen LogP contribution in [0, 0.1) is 6.92 Å². The smallest absolute Gasteiger partial charge is 0.410 e. The minimum absolute atomic E-state index is 0.226. The van der Waals surface area contributed by atoms with Gasteiger partial charge in [0.15, 0.2) is 6.10 Å².